The van der Waals surface area contributed by atoms with Crippen molar-refractivity contribution in [1.29, 1.82) is 5.26 Å². The van der Waals surface area contributed by atoms with Crippen molar-refractivity contribution >= 4 is 34.8 Å². The molecule has 31 heavy (non-hydrogen) atoms. The standard InChI is InChI=1S/C23H23N5OS2/c24-13-17-12-18(23-26-19(14-30-23)16-8-4-3-5-9-16)21(25)27-22(17)31-15-20(29)28-10-6-1-2-7-11-28/h3-5,8-9,12,14H,1-2,6-7,10-11,15H2,(H2,25,27). The van der Waals surface area contributed by atoms with Crippen molar-refractivity contribution in [3.05, 3.63) is 47.3 Å². The van der Waals surface area contributed by atoms with Gasteiger partial charge in [0, 0.05) is 24.0 Å². The fraction of sp³-hybridized carbons (Fsp3) is 0.304. The third-order valence-electron chi connectivity index (χ3n) is 5.23. The highest BCUT2D eigenvalue weighted by Gasteiger charge is 2.19. The summed E-state index contributed by atoms with van der Waals surface area (Å²) in [5.74, 6) is 0.668. The first-order chi connectivity index (χ1) is 15.2. The Labute approximate surface area is 190 Å². The largest absolute Gasteiger partial charge is 0.383 e. The summed E-state index contributed by atoms with van der Waals surface area (Å²) >= 11 is 2.75. The van der Waals surface area contributed by atoms with Crippen LogP contribution in [0.1, 0.15) is 31.2 Å². The van der Waals surface area contributed by atoms with Crippen LogP contribution in [0.5, 0.6) is 0 Å². The number of amides is 1. The lowest BCUT2D eigenvalue weighted by atomic mass is 10.2. The number of aromatic nitrogens is 2. The van der Waals surface area contributed by atoms with E-state index in [9.17, 15) is 10.1 Å². The van der Waals surface area contributed by atoms with Gasteiger partial charge >= 0.3 is 0 Å². The second kappa shape index (κ2) is 9.94. The number of anilines is 1. The van der Waals surface area contributed by atoms with E-state index < -0.39 is 0 Å². The summed E-state index contributed by atoms with van der Waals surface area (Å²) in [5, 5.41) is 12.8. The van der Waals surface area contributed by atoms with E-state index in [0.29, 0.717) is 22.0 Å². The summed E-state index contributed by atoms with van der Waals surface area (Å²) in [6.07, 6.45) is 4.46. The molecule has 1 saturated heterocycles. The van der Waals surface area contributed by atoms with Crippen LogP contribution in [-0.2, 0) is 4.79 Å². The molecule has 6 nitrogen and oxygen atoms in total. The maximum atomic E-state index is 12.6. The summed E-state index contributed by atoms with van der Waals surface area (Å²) < 4.78 is 0. The van der Waals surface area contributed by atoms with Gasteiger partial charge in [-0.05, 0) is 18.9 Å². The number of rotatable bonds is 5. The van der Waals surface area contributed by atoms with Crippen LogP contribution in [0, 0.1) is 11.3 Å². The fourth-order valence-electron chi connectivity index (χ4n) is 3.55. The number of carbonyl (C=O) groups excluding carboxylic acids is 1. The van der Waals surface area contributed by atoms with Crippen molar-refractivity contribution in [2.24, 2.45) is 0 Å². The van der Waals surface area contributed by atoms with Crippen LogP contribution in [0.4, 0.5) is 5.82 Å². The molecule has 0 bridgehead atoms. The molecule has 158 valence electrons. The van der Waals surface area contributed by atoms with Crippen LogP contribution < -0.4 is 5.73 Å². The highest BCUT2D eigenvalue weighted by atomic mass is 32.2. The number of hydrogen-bond acceptors (Lipinski definition) is 7. The monoisotopic (exact) mass is 449 g/mol. The minimum absolute atomic E-state index is 0.0904. The van der Waals surface area contributed by atoms with Gasteiger partial charge in [0.1, 0.15) is 21.9 Å². The summed E-state index contributed by atoms with van der Waals surface area (Å²) in [4.78, 5) is 23.6. The molecule has 0 atom stereocenters. The van der Waals surface area contributed by atoms with Crippen molar-refractivity contribution in [2.45, 2.75) is 30.7 Å². The van der Waals surface area contributed by atoms with Gasteiger partial charge < -0.3 is 10.6 Å². The highest BCUT2D eigenvalue weighted by Crippen LogP contribution is 2.34. The molecule has 0 saturated carbocycles. The lowest BCUT2D eigenvalue weighted by Crippen LogP contribution is -2.33. The van der Waals surface area contributed by atoms with Gasteiger partial charge in [-0.2, -0.15) is 5.26 Å². The normalized spacial score (nSPS) is 14.1. The second-order valence-corrected chi connectivity index (χ2v) is 9.20. The second-order valence-electron chi connectivity index (χ2n) is 7.37. The van der Waals surface area contributed by atoms with Crippen molar-refractivity contribution in [2.75, 3.05) is 24.6 Å². The number of nitrogens with zero attached hydrogens (tertiary/aromatic N) is 4. The van der Waals surface area contributed by atoms with Gasteiger partial charge in [0.25, 0.3) is 0 Å². The summed E-state index contributed by atoms with van der Waals surface area (Å²) in [6, 6.07) is 13.8. The maximum absolute atomic E-state index is 12.6. The average Bonchev–Trinajstić information content (AvgIpc) is 3.12. The minimum Gasteiger partial charge on any atom is -0.383 e. The number of pyridine rings is 1. The molecule has 2 aromatic heterocycles. The quantitative estimate of drug-likeness (QED) is 0.561. The van der Waals surface area contributed by atoms with Crippen molar-refractivity contribution in [3.8, 4) is 27.9 Å². The Morgan fingerprint density at radius 3 is 2.61 bits per heavy atom. The molecule has 0 aliphatic carbocycles. The van der Waals surface area contributed by atoms with E-state index in [1.807, 2.05) is 40.6 Å². The molecule has 1 aliphatic rings. The molecule has 1 fully saturated rings. The molecule has 1 aliphatic heterocycles. The average molecular weight is 450 g/mol. The SMILES string of the molecule is N#Cc1cc(-c2nc(-c3ccccc3)cs2)c(N)nc1SCC(=O)N1CCCCCC1. The summed E-state index contributed by atoms with van der Waals surface area (Å²) in [6.45, 7) is 1.62. The zero-order chi connectivity index (χ0) is 21.6. The Hall–Kier alpha value is -2.89. The van der Waals surface area contributed by atoms with E-state index in [4.69, 9.17) is 5.73 Å². The predicted octanol–water partition coefficient (Wildman–Crippen LogP) is 4.82. The van der Waals surface area contributed by atoms with E-state index in [1.54, 1.807) is 6.07 Å². The van der Waals surface area contributed by atoms with Crippen molar-refractivity contribution < 1.29 is 4.79 Å². The van der Waals surface area contributed by atoms with E-state index in [0.717, 1.165) is 42.2 Å². The Balaban J connectivity index is 1.52. The Morgan fingerprint density at radius 1 is 1.16 bits per heavy atom. The number of carbonyl (C=O) groups is 1. The number of nitrogen functional groups attached to an aromatic ring is 1. The lowest BCUT2D eigenvalue weighted by molar-refractivity contribution is -0.128. The van der Waals surface area contributed by atoms with E-state index in [2.05, 4.69) is 16.0 Å². The number of likely N-dealkylation sites (tertiary alicyclic amines) is 1. The molecule has 4 rings (SSSR count). The Bertz CT molecular complexity index is 1100. The first kappa shape index (κ1) is 21.3. The zero-order valence-electron chi connectivity index (χ0n) is 17.1. The molecular weight excluding hydrogens is 426 g/mol. The zero-order valence-corrected chi connectivity index (χ0v) is 18.7. The number of thiazole rings is 1. The molecular formula is C23H23N5OS2. The molecule has 1 amide bonds. The maximum Gasteiger partial charge on any atom is 0.232 e. The van der Waals surface area contributed by atoms with Crippen molar-refractivity contribution in [3.63, 3.8) is 0 Å². The third-order valence-corrected chi connectivity index (χ3v) is 7.08. The fourth-order valence-corrected chi connectivity index (χ4v) is 5.27. The number of nitrogens with two attached hydrogens (primary N) is 1. The van der Waals surface area contributed by atoms with Gasteiger partial charge in [-0.3, -0.25) is 4.79 Å². The highest BCUT2D eigenvalue weighted by molar-refractivity contribution is 8.00. The van der Waals surface area contributed by atoms with Gasteiger partial charge in [-0.1, -0.05) is 54.9 Å². The van der Waals surface area contributed by atoms with Crippen molar-refractivity contribution in [1.82, 2.24) is 14.9 Å². The van der Waals surface area contributed by atoms with Crippen LogP contribution in [0.2, 0.25) is 0 Å². The number of hydrogen-bond donors (Lipinski definition) is 1. The molecule has 0 unspecified atom stereocenters. The topological polar surface area (TPSA) is 95.9 Å². The Morgan fingerprint density at radius 2 is 1.90 bits per heavy atom. The van der Waals surface area contributed by atoms with Gasteiger partial charge in [-0.25, -0.2) is 9.97 Å². The molecule has 0 radical (unpaired) electrons. The smallest absolute Gasteiger partial charge is 0.232 e. The van der Waals surface area contributed by atoms with Gasteiger partial charge in [0.2, 0.25) is 5.91 Å². The lowest BCUT2D eigenvalue weighted by Gasteiger charge is -2.20. The number of nitriles is 1. The van der Waals surface area contributed by atoms with E-state index in [-0.39, 0.29) is 11.7 Å². The van der Waals surface area contributed by atoms with Crippen LogP contribution in [0.3, 0.4) is 0 Å². The van der Waals surface area contributed by atoms with Crippen LogP contribution in [-0.4, -0.2) is 39.6 Å². The van der Waals surface area contributed by atoms with E-state index in [1.165, 1.54) is 35.9 Å². The van der Waals surface area contributed by atoms with Gasteiger partial charge in [0.05, 0.1) is 22.6 Å². The van der Waals surface area contributed by atoms with E-state index >= 15 is 0 Å². The summed E-state index contributed by atoms with van der Waals surface area (Å²) in [7, 11) is 0. The molecule has 1 aromatic carbocycles. The molecule has 2 N–H and O–H groups in total. The van der Waals surface area contributed by atoms with Gasteiger partial charge in [0.15, 0.2) is 0 Å². The first-order valence-corrected chi connectivity index (χ1v) is 12.1. The number of benzene rings is 1. The predicted molar refractivity (Wildman–Crippen MR) is 126 cm³/mol. The molecule has 3 aromatic rings. The minimum atomic E-state index is 0.0904. The summed E-state index contributed by atoms with van der Waals surface area (Å²) in [5.41, 5.74) is 9.17. The van der Waals surface area contributed by atoms with Crippen LogP contribution >= 0.6 is 23.1 Å². The van der Waals surface area contributed by atoms with Crippen LogP contribution in [0.25, 0.3) is 21.8 Å². The number of thioether (sulfide) groups is 1. The third kappa shape index (κ3) is 5.06. The Kier molecular flexibility index (Phi) is 6.85. The molecule has 8 heteroatoms. The van der Waals surface area contributed by atoms with Crippen LogP contribution in [0.15, 0.2) is 46.8 Å². The van der Waals surface area contributed by atoms with Gasteiger partial charge in [-0.15, -0.1) is 11.3 Å². The first-order valence-electron chi connectivity index (χ1n) is 10.3. The molecule has 0 spiro atoms. The molecule has 3 heterocycles.